The third-order valence-corrected chi connectivity index (χ3v) is 4.21. The molecule has 2 aliphatic rings. The van der Waals surface area contributed by atoms with Gasteiger partial charge in [-0.25, -0.2) is 4.79 Å². The number of esters is 1. The standard InChI is InChI=1S/C11H12N2O6S/c1-5(15)19-2-6-3-20-10-7(12-4-14)9(16)13(10)8(6)11(17)18/h3-4,7-8,10H,2H2,1H3,(H,12,14)(H,17,18)/t7-,8?,10-/m1/s1. The summed E-state index contributed by atoms with van der Waals surface area (Å²) >= 11 is 1.21. The van der Waals surface area contributed by atoms with Crippen LogP contribution in [0.15, 0.2) is 11.0 Å². The van der Waals surface area contributed by atoms with Gasteiger partial charge < -0.3 is 20.1 Å². The Hall–Kier alpha value is -2.03. The van der Waals surface area contributed by atoms with E-state index >= 15 is 0 Å². The number of rotatable bonds is 5. The second kappa shape index (κ2) is 5.53. The van der Waals surface area contributed by atoms with Crippen molar-refractivity contribution in [2.75, 3.05) is 6.61 Å². The van der Waals surface area contributed by atoms with E-state index in [4.69, 9.17) is 4.74 Å². The van der Waals surface area contributed by atoms with Crippen LogP contribution >= 0.6 is 11.8 Å². The maximum atomic E-state index is 11.9. The molecule has 0 saturated carbocycles. The number of hydrogen-bond acceptors (Lipinski definition) is 6. The molecule has 0 radical (unpaired) electrons. The van der Waals surface area contributed by atoms with Gasteiger partial charge in [0, 0.05) is 12.5 Å². The van der Waals surface area contributed by atoms with E-state index in [0.29, 0.717) is 12.0 Å². The summed E-state index contributed by atoms with van der Waals surface area (Å²) in [5.74, 6) is -2.19. The monoisotopic (exact) mass is 300 g/mol. The largest absolute Gasteiger partial charge is 0.479 e. The van der Waals surface area contributed by atoms with Gasteiger partial charge in [-0.1, -0.05) is 0 Å². The highest BCUT2D eigenvalue weighted by Gasteiger charge is 2.55. The van der Waals surface area contributed by atoms with Crippen molar-refractivity contribution in [3.05, 3.63) is 11.0 Å². The van der Waals surface area contributed by atoms with E-state index in [2.05, 4.69) is 5.32 Å². The first-order valence-electron chi connectivity index (χ1n) is 5.69. The van der Waals surface area contributed by atoms with Crippen LogP contribution in [0, 0.1) is 0 Å². The average Bonchev–Trinajstić information content (AvgIpc) is 2.40. The molecule has 1 saturated heterocycles. The topological polar surface area (TPSA) is 113 Å². The number of ether oxygens (including phenoxy) is 1. The van der Waals surface area contributed by atoms with Crippen LogP contribution in [0.1, 0.15) is 6.92 Å². The molecule has 0 aromatic heterocycles. The fraction of sp³-hybridized carbons (Fsp3) is 0.455. The Bertz CT molecular complexity index is 505. The van der Waals surface area contributed by atoms with E-state index in [-0.39, 0.29) is 6.61 Å². The van der Waals surface area contributed by atoms with Gasteiger partial charge in [-0.3, -0.25) is 14.4 Å². The van der Waals surface area contributed by atoms with Crippen molar-refractivity contribution in [1.82, 2.24) is 10.2 Å². The molecule has 8 nitrogen and oxygen atoms in total. The quantitative estimate of drug-likeness (QED) is 0.377. The van der Waals surface area contributed by atoms with Gasteiger partial charge >= 0.3 is 11.9 Å². The zero-order valence-electron chi connectivity index (χ0n) is 10.4. The van der Waals surface area contributed by atoms with E-state index in [1.165, 1.54) is 23.6 Å². The zero-order chi connectivity index (χ0) is 14.9. The van der Waals surface area contributed by atoms with Crippen molar-refractivity contribution in [2.45, 2.75) is 24.4 Å². The Morgan fingerprint density at radius 2 is 2.30 bits per heavy atom. The lowest BCUT2D eigenvalue weighted by molar-refractivity contribution is -0.160. The molecule has 3 atom stereocenters. The third kappa shape index (κ3) is 2.36. The Morgan fingerprint density at radius 3 is 2.85 bits per heavy atom. The van der Waals surface area contributed by atoms with Gasteiger partial charge in [-0.15, -0.1) is 11.8 Å². The molecule has 0 spiro atoms. The molecule has 108 valence electrons. The van der Waals surface area contributed by atoms with Gasteiger partial charge in [0.2, 0.25) is 12.3 Å². The number of aliphatic carboxylic acids is 1. The molecule has 0 aromatic rings. The maximum Gasteiger partial charge on any atom is 0.330 e. The molecule has 0 aromatic carbocycles. The van der Waals surface area contributed by atoms with Crippen LogP contribution in [-0.2, 0) is 23.9 Å². The Kier molecular flexibility index (Phi) is 3.98. The summed E-state index contributed by atoms with van der Waals surface area (Å²) < 4.78 is 4.79. The summed E-state index contributed by atoms with van der Waals surface area (Å²) in [6.45, 7) is 1.04. The maximum absolute atomic E-state index is 11.9. The first kappa shape index (κ1) is 14.4. The number of nitrogens with zero attached hydrogens (tertiary/aromatic N) is 1. The minimum atomic E-state index is -1.20. The molecular formula is C11H12N2O6S. The van der Waals surface area contributed by atoms with Crippen molar-refractivity contribution >= 4 is 36.0 Å². The lowest BCUT2D eigenvalue weighted by atomic mass is 9.98. The zero-order valence-corrected chi connectivity index (χ0v) is 11.3. The van der Waals surface area contributed by atoms with Gasteiger partial charge in [-0.2, -0.15) is 0 Å². The molecule has 2 N–H and O–H groups in total. The molecular weight excluding hydrogens is 288 g/mol. The van der Waals surface area contributed by atoms with E-state index < -0.39 is 35.3 Å². The van der Waals surface area contributed by atoms with E-state index in [1.807, 2.05) is 0 Å². The van der Waals surface area contributed by atoms with Crippen molar-refractivity contribution in [3.63, 3.8) is 0 Å². The molecule has 2 amide bonds. The van der Waals surface area contributed by atoms with Crippen molar-refractivity contribution in [2.24, 2.45) is 0 Å². The fourth-order valence-corrected chi connectivity index (χ4v) is 3.33. The predicted molar refractivity (Wildman–Crippen MR) is 67.4 cm³/mol. The summed E-state index contributed by atoms with van der Waals surface area (Å²) in [5, 5.41) is 12.7. The van der Waals surface area contributed by atoms with Crippen LogP contribution < -0.4 is 5.32 Å². The second-order valence-electron chi connectivity index (χ2n) is 4.25. The van der Waals surface area contributed by atoms with Gasteiger partial charge in [-0.05, 0) is 5.41 Å². The van der Waals surface area contributed by atoms with E-state index in [0.717, 1.165) is 0 Å². The highest BCUT2D eigenvalue weighted by Crippen LogP contribution is 2.39. The van der Waals surface area contributed by atoms with Crippen LogP contribution in [0.4, 0.5) is 0 Å². The Labute approximate surface area is 118 Å². The van der Waals surface area contributed by atoms with E-state index in [9.17, 15) is 24.3 Å². The van der Waals surface area contributed by atoms with Crippen LogP contribution in [0.25, 0.3) is 0 Å². The minimum absolute atomic E-state index is 0.179. The summed E-state index contributed by atoms with van der Waals surface area (Å²) in [5.41, 5.74) is 0.326. The first-order chi connectivity index (χ1) is 9.47. The summed E-state index contributed by atoms with van der Waals surface area (Å²) in [7, 11) is 0. The minimum Gasteiger partial charge on any atom is -0.479 e. The number of carbonyl (C=O) groups is 4. The first-order valence-corrected chi connectivity index (χ1v) is 6.64. The average molecular weight is 300 g/mol. The Morgan fingerprint density at radius 1 is 1.60 bits per heavy atom. The predicted octanol–water partition coefficient (Wildman–Crippen LogP) is -1.08. The third-order valence-electron chi connectivity index (χ3n) is 2.99. The van der Waals surface area contributed by atoms with Gasteiger partial charge in [0.1, 0.15) is 18.0 Å². The number of fused-ring (bicyclic) bond motifs is 1. The molecule has 2 heterocycles. The molecule has 1 unspecified atom stereocenters. The number of β-lactam (4-membered cyclic amide) rings is 1. The molecule has 1 fully saturated rings. The smallest absolute Gasteiger partial charge is 0.330 e. The highest BCUT2D eigenvalue weighted by atomic mass is 32.2. The van der Waals surface area contributed by atoms with Gasteiger partial charge in [0.25, 0.3) is 0 Å². The number of amides is 2. The molecule has 0 aliphatic carbocycles. The summed E-state index contributed by atoms with van der Waals surface area (Å²) in [4.78, 5) is 45.6. The van der Waals surface area contributed by atoms with Crippen LogP contribution in [0.3, 0.4) is 0 Å². The molecule has 20 heavy (non-hydrogen) atoms. The van der Waals surface area contributed by atoms with Crippen molar-refractivity contribution < 1.29 is 29.0 Å². The van der Waals surface area contributed by atoms with E-state index in [1.54, 1.807) is 5.41 Å². The van der Waals surface area contributed by atoms with Gasteiger partial charge in [0.15, 0.2) is 6.04 Å². The molecule has 2 aliphatic heterocycles. The van der Waals surface area contributed by atoms with Crippen molar-refractivity contribution in [3.8, 4) is 0 Å². The number of carboxylic acid groups (broad SMARTS) is 1. The van der Waals surface area contributed by atoms with Crippen LogP contribution in [0.5, 0.6) is 0 Å². The summed E-state index contributed by atoms with van der Waals surface area (Å²) in [6.07, 6.45) is 0.411. The van der Waals surface area contributed by atoms with Gasteiger partial charge in [0.05, 0.1) is 0 Å². The molecule has 9 heteroatoms. The Balaban J connectivity index is 2.18. The lowest BCUT2D eigenvalue weighted by Gasteiger charge is -2.50. The normalized spacial score (nSPS) is 27.9. The van der Waals surface area contributed by atoms with Crippen molar-refractivity contribution in [1.29, 1.82) is 0 Å². The number of thioether (sulfide) groups is 1. The van der Waals surface area contributed by atoms with Crippen LogP contribution in [0.2, 0.25) is 0 Å². The molecule has 2 rings (SSSR count). The summed E-state index contributed by atoms with van der Waals surface area (Å²) in [6, 6.07) is -1.89. The SMILES string of the molecule is CC(=O)OCC1=CS[C@@H]2[C@H](NC=O)C(=O)N2C1C(=O)O. The van der Waals surface area contributed by atoms with Crippen LogP contribution in [-0.4, -0.2) is 58.3 Å². The second-order valence-corrected chi connectivity index (χ2v) is 5.24. The lowest BCUT2D eigenvalue weighted by Crippen LogP contribution is -2.73. The number of carbonyl (C=O) groups excluding carboxylic acids is 3. The number of nitrogens with one attached hydrogen (secondary N) is 1. The highest BCUT2D eigenvalue weighted by molar-refractivity contribution is 8.02. The number of hydrogen-bond donors (Lipinski definition) is 2. The fourth-order valence-electron chi connectivity index (χ4n) is 2.11. The molecule has 0 bridgehead atoms. The number of carboxylic acids is 1.